The molecule has 0 saturated heterocycles. The van der Waals surface area contributed by atoms with E-state index in [9.17, 15) is 0 Å². The second-order valence-corrected chi connectivity index (χ2v) is 4.35. The van der Waals surface area contributed by atoms with E-state index >= 15 is 0 Å². The van der Waals surface area contributed by atoms with E-state index in [2.05, 4.69) is 4.98 Å². The van der Waals surface area contributed by atoms with Crippen molar-refractivity contribution in [1.82, 2.24) is 9.55 Å². The summed E-state index contributed by atoms with van der Waals surface area (Å²) >= 11 is 6.23. The first-order chi connectivity index (χ1) is 8.86. The number of rotatable bonds is 2. The van der Waals surface area contributed by atoms with Gasteiger partial charge in [-0.2, -0.15) is 0 Å². The van der Waals surface area contributed by atoms with Crippen LogP contribution in [0.15, 0.2) is 67.0 Å². The molecule has 0 N–H and O–H groups in total. The molecule has 0 amide bonds. The smallest absolute Gasteiger partial charge is 0.144 e. The second kappa shape index (κ2) is 4.67. The quantitative estimate of drug-likeness (QED) is 0.670. The molecule has 0 fully saturated rings. The van der Waals surface area contributed by atoms with E-state index in [1.54, 1.807) is 6.20 Å². The maximum atomic E-state index is 6.23. The van der Waals surface area contributed by atoms with E-state index in [1.165, 1.54) is 0 Å². The highest BCUT2D eigenvalue weighted by Crippen LogP contribution is 2.25. The predicted octanol–water partition coefficient (Wildman–Crippen LogP) is 4.19. The van der Waals surface area contributed by atoms with E-state index in [4.69, 9.17) is 11.6 Å². The van der Waals surface area contributed by atoms with E-state index in [0.717, 1.165) is 17.1 Å². The average molecular weight is 255 g/mol. The van der Waals surface area contributed by atoms with Gasteiger partial charge in [-0.1, -0.05) is 54.1 Å². The minimum absolute atomic E-state index is 0.715. The number of para-hydroxylation sites is 1. The molecule has 2 nitrogen and oxygen atoms in total. The first-order valence-electron chi connectivity index (χ1n) is 5.70. The lowest BCUT2D eigenvalue weighted by Gasteiger charge is -2.09. The van der Waals surface area contributed by atoms with Crippen molar-refractivity contribution in [2.24, 2.45) is 0 Å². The maximum Gasteiger partial charge on any atom is 0.144 e. The van der Waals surface area contributed by atoms with Crippen LogP contribution in [0, 0.1) is 0 Å². The Kier molecular flexibility index (Phi) is 2.87. The highest BCUT2D eigenvalue weighted by molar-refractivity contribution is 6.32. The Morgan fingerprint density at radius 3 is 2.39 bits per heavy atom. The third-order valence-corrected chi connectivity index (χ3v) is 3.10. The lowest BCUT2D eigenvalue weighted by atomic mass is 10.2. The number of imidazole rings is 1. The fourth-order valence-corrected chi connectivity index (χ4v) is 2.17. The SMILES string of the molecule is Clc1ccccc1-n1ccnc1-c1ccccc1. The van der Waals surface area contributed by atoms with Gasteiger partial charge in [0.25, 0.3) is 0 Å². The summed E-state index contributed by atoms with van der Waals surface area (Å²) in [5.74, 6) is 0.892. The molecule has 0 atom stereocenters. The van der Waals surface area contributed by atoms with Crippen LogP contribution in [-0.2, 0) is 0 Å². The van der Waals surface area contributed by atoms with Crippen LogP contribution >= 0.6 is 11.6 Å². The number of aromatic nitrogens is 2. The Labute approximate surface area is 110 Å². The Hall–Kier alpha value is -2.06. The topological polar surface area (TPSA) is 17.8 Å². The molecule has 0 bridgehead atoms. The zero-order chi connectivity index (χ0) is 12.4. The van der Waals surface area contributed by atoms with Crippen LogP contribution in [0.5, 0.6) is 0 Å². The molecule has 0 aliphatic heterocycles. The predicted molar refractivity (Wildman–Crippen MR) is 74.0 cm³/mol. The lowest BCUT2D eigenvalue weighted by molar-refractivity contribution is 1.07. The molecule has 3 aromatic rings. The van der Waals surface area contributed by atoms with Gasteiger partial charge in [0, 0.05) is 18.0 Å². The summed E-state index contributed by atoms with van der Waals surface area (Å²) in [7, 11) is 0. The first kappa shape index (κ1) is 11.1. The van der Waals surface area contributed by atoms with Gasteiger partial charge < -0.3 is 0 Å². The van der Waals surface area contributed by atoms with E-state index < -0.39 is 0 Å². The monoisotopic (exact) mass is 254 g/mol. The van der Waals surface area contributed by atoms with Gasteiger partial charge in [0.05, 0.1) is 10.7 Å². The van der Waals surface area contributed by atoms with Gasteiger partial charge in [-0.15, -0.1) is 0 Å². The Balaban J connectivity index is 2.16. The molecular weight excluding hydrogens is 244 g/mol. The van der Waals surface area contributed by atoms with Crippen molar-refractivity contribution in [2.45, 2.75) is 0 Å². The van der Waals surface area contributed by atoms with Gasteiger partial charge in [0.2, 0.25) is 0 Å². The van der Waals surface area contributed by atoms with Crippen molar-refractivity contribution in [3.63, 3.8) is 0 Å². The molecular formula is C15H11ClN2. The van der Waals surface area contributed by atoms with E-state index in [0.29, 0.717) is 5.02 Å². The van der Waals surface area contributed by atoms with Gasteiger partial charge in [-0.25, -0.2) is 4.98 Å². The van der Waals surface area contributed by atoms with Crippen LogP contribution in [0.25, 0.3) is 17.1 Å². The third-order valence-electron chi connectivity index (χ3n) is 2.78. The summed E-state index contributed by atoms with van der Waals surface area (Å²) in [5.41, 5.74) is 2.01. The molecule has 3 heteroatoms. The van der Waals surface area contributed by atoms with Crippen LogP contribution in [0.1, 0.15) is 0 Å². The normalized spacial score (nSPS) is 10.5. The van der Waals surface area contributed by atoms with Crippen molar-refractivity contribution in [1.29, 1.82) is 0 Å². The van der Waals surface area contributed by atoms with Gasteiger partial charge in [0.1, 0.15) is 5.82 Å². The highest BCUT2D eigenvalue weighted by Gasteiger charge is 2.09. The summed E-state index contributed by atoms with van der Waals surface area (Å²) in [6.45, 7) is 0. The molecule has 0 spiro atoms. The van der Waals surface area contributed by atoms with Crippen molar-refractivity contribution in [3.8, 4) is 17.1 Å². The molecule has 0 aliphatic rings. The molecule has 0 radical (unpaired) electrons. The average Bonchev–Trinajstić information content (AvgIpc) is 2.89. The maximum absolute atomic E-state index is 6.23. The largest absolute Gasteiger partial charge is 0.298 e. The zero-order valence-electron chi connectivity index (χ0n) is 9.62. The van der Waals surface area contributed by atoms with Crippen LogP contribution in [-0.4, -0.2) is 9.55 Å². The minimum atomic E-state index is 0.715. The number of hydrogen-bond donors (Lipinski definition) is 0. The van der Waals surface area contributed by atoms with E-state index in [1.807, 2.05) is 65.4 Å². The molecule has 2 aromatic carbocycles. The number of halogens is 1. The van der Waals surface area contributed by atoms with Crippen LogP contribution in [0.3, 0.4) is 0 Å². The molecule has 3 rings (SSSR count). The standard InChI is InChI=1S/C15H11ClN2/c16-13-8-4-5-9-14(13)18-11-10-17-15(18)12-6-2-1-3-7-12/h1-11H. The summed E-state index contributed by atoms with van der Waals surface area (Å²) in [5, 5.41) is 0.715. The number of nitrogens with zero attached hydrogens (tertiary/aromatic N) is 2. The molecule has 1 aromatic heterocycles. The minimum Gasteiger partial charge on any atom is -0.298 e. The lowest BCUT2D eigenvalue weighted by Crippen LogP contribution is -1.96. The summed E-state index contributed by atoms with van der Waals surface area (Å²) < 4.78 is 2.00. The first-order valence-corrected chi connectivity index (χ1v) is 6.08. The molecule has 0 unspecified atom stereocenters. The fourth-order valence-electron chi connectivity index (χ4n) is 1.95. The van der Waals surface area contributed by atoms with Crippen LogP contribution < -0.4 is 0 Å². The van der Waals surface area contributed by atoms with Gasteiger partial charge >= 0.3 is 0 Å². The van der Waals surface area contributed by atoms with Crippen molar-refractivity contribution >= 4 is 11.6 Å². The van der Waals surface area contributed by atoms with Crippen molar-refractivity contribution in [3.05, 3.63) is 72.0 Å². The van der Waals surface area contributed by atoms with Crippen LogP contribution in [0.4, 0.5) is 0 Å². The molecule has 18 heavy (non-hydrogen) atoms. The molecule has 0 saturated carbocycles. The highest BCUT2D eigenvalue weighted by atomic mass is 35.5. The third kappa shape index (κ3) is 1.91. The summed E-state index contributed by atoms with van der Waals surface area (Å²) in [4.78, 5) is 4.41. The summed E-state index contributed by atoms with van der Waals surface area (Å²) in [6.07, 6.45) is 3.70. The second-order valence-electron chi connectivity index (χ2n) is 3.94. The summed E-state index contributed by atoms with van der Waals surface area (Å²) in [6, 6.07) is 17.8. The van der Waals surface area contributed by atoms with E-state index in [-0.39, 0.29) is 0 Å². The van der Waals surface area contributed by atoms with Gasteiger partial charge in [-0.3, -0.25) is 4.57 Å². The molecule has 88 valence electrons. The van der Waals surface area contributed by atoms with Crippen molar-refractivity contribution in [2.75, 3.05) is 0 Å². The zero-order valence-corrected chi connectivity index (χ0v) is 10.4. The number of hydrogen-bond acceptors (Lipinski definition) is 1. The van der Waals surface area contributed by atoms with Gasteiger partial charge in [-0.05, 0) is 12.1 Å². The molecule has 1 heterocycles. The van der Waals surface area contributed by atoms with Crippen molar-refractivity contribution < 1.29 is 0 Å². The Bertz CT molecular complexity index is 659. The van der Waals surface area contributed by atoms with Crippen LogP contribution in [0.2, 0.25) is 5.02 Å². The molecule has 0 aliphatic carbocycles. The Morgan fingerprint density at radius 1 is 0.889 bits per heavy atom. The number of benzene rings is 2. The van der Waals surface area contributed by atoms with Gasteiger partial charge in [0.15, 0.2) is 0 Å². The fraction of sp³-hybridized carbons (Fsp3) is 0. The Morgan fingerprint density at radius 2 is 1.61 bits per heavy atom.